The summed E-state index contributed by atoms with van der Waals surface area (Å²) in [5, 5.41) is 24.1. The van der Waals surface area contributed by atoms with Crippen LogP contribution in [0.5, 0.6) is 5.75 Å². The molecule has 2 aromatic carbocycles. The molecule has 1 fully saturated rings. The van der Waals surface area contributed by atoms with Crippen molar-refractivity contribution in [2.45, 2.75) is 37.1 Å². The van der Waals surface area contributed by atoms with Crippen LogP contribution in [0.3, 0.4) is 0 Å². The predicted octanol–water partition coefficient (Wildman–Crippen LogP) is 2.49. The second-order valence-electron chi connectivity index (χ2n) is 8.03. The number of hydrogen-bond donors (Lipinski definition) is 2. The fourth-order valence-corrected chi connectivity index (χ4v) is 5.58. The summed E-state index contributed by atoms with van der Waals surface area (Å²) < 4.78 is 29.3. The number of fused-ring (bicyclic) bond motifs is 1. The van der Waals surface area contributed by atoms with Crippen molar-refractivity contribution in [2.75, 3.05) is 13.1 Å². The molecule has 4 rings (SSSR count). The Hall–Kier alpha value is -2.91. The van der Waals surface area contributed by atoms with E-state index in [0.717, 1.165) is 16.5 Å². The Morgan fingerprint density at radius 3 is 2.57 bits per heavy atom. The Kier molecular flexibility index (Phi) is 4.82. The first kappa shape index (κ1) is 20.4. The summed E-state index contributed by atoms with van der Waals surface area (Å²) in [5.74, 6) is -0.959. The molecular formula is C21H23N3O5S. The van der Waals surface area contributed by atoms with Crippen molar-refractivity contribution in [1.82, 2.24) is 14.1 Å². The first-order valence-electron chi connectivity index (χ1n) is 9.60. The zero-order chi connectivity index (χ0) is 21.7. The second kappa shape index (κ2) is 7.10. The Bertz CT molecular complexity index is 1230. The molecule has 158 valence electrons. The first-order chi connectivity index (χ1) is 14.1. The standard InChI is InChI=1S/C21H23N3O5S/c1-14-3-8-17-18(12-20(26)27)22-24(19(17)11-14)21(2)9-10-23(13-21)30(28,29)16-6-4-15(25)5-7-16/h3-8,11,25H,9-10,12-13H2,1-2H3,(H,26,27)/t21-/m1/s1. The number of phenolic OH excluding ortho intramolecular Hbond substituents is 1. The molecule has 1 saturated heterocycles. The van der Waals surface area contributed by atoms with Gasteiger partial charge in [0.15, 0.2) is 0 Å². The molecule has 30 heavy (non-hydrogen) atoms. The number of aromatic hydroxyl groups is 1. The summed E-state index contributed by atoms with van der Waals surface area (Å²) >= 11 is 0. The molecule has 0 bridgehead atoms. The summed E-state index contributed by atoms with van der Waals surface area (Å²) in [6, 6.07) is 11.2. The van der Waals surface area contributed by atoms with Gasteiger partial charge in [-0.05, 0) is 56.2 Å². The quantitative estimate of drug-likeness (QED) is 0.644. The van der Waals surface area contributed by atoms with Crippen LogP contribution in [0.1, 0.15) is 24.6 Å². The lowest BCUT2D eigenvalue weighted by Crippen LogP contribution is -2.37. The van der Waals surface area contributed by atoms with Crippen LogP contribution in [-0.2, 0) is 26.8 Å². The molecule has 3 aromatic rings. The summed E-state index contributed by atoms with van der Waals surface area (Å²) in [6.45, 7) is 4.43. The van der Waals surface area contributed by atoms with E-state index in [2.05, 4.69) is 5.10 Å². The van der Waals surface area contributed by atoms with Crippen molar-refractivity contribution in [2.24, 2.45) is 0 Å². The van der Waals surface area contributed by atoms with Crippen molar-refractivity contribution in [3.8, 4) is 5.75 Å². The van der Waals surface area contributed by atoms with Gasteiger partial charge in [-0.15, -0.1) is 0 Å². The number of aryl methyl sites for hydroxylation is 1. The van der Waals surface area contributed by atoms with E-state index in [1.807, 2.05) is 32.0 Å². The third-order valence-corrected chi connectivity index (χ3v) is 7.49. The summed E-state index contributed by atoms with van der Waals surface area (Å²) in [6.07, 6.45) is 0.347. The lowest BCUT2D eigenvalue weighted by molar-refractivity contribution is -0.136. The van der Waals surface area contributed by atoms with Crippen molar-refractivity contribution >= 4 is 26.9 Å². The predicted molar refractivity (Wildman–Crippen MR) is 111 cm³/mol. The molecule has 8 nitrogen and oxygen atoms in total. The van der Waals surface area contributed by atoms with Crippen LogP contribution < -0.4 is 0 Å². The molecule has 0 aliphatic carbocycles. The van der Waals surface area contributed by atoms with Crippen LogP contribution in [0.25, 0.3) is 10.9 Å². The van der Waals surface area contributed by atoms with Gasteiger partial charge in [0.1, 0.15) is 5.75 Å². The minimum Gasteiger partial charge on any atom is -0.508 e. The van der Waals surface area contributed by atoms with Gasteiger partial charge in [-0.25, -0.2) is 8.42 Å². The number of phenols is 1. The van der Waals surface area contributed by atoms with E-state index in [9.17, 15) is 23.4 Å². The maximum absolute atomic E-state index is 13.1. The van der Waals surface area contributed by atoms with Gasteiger partial charge in [0.25, 0.3) is 0 Å². The van der Waals surface area contributed by atoms with Gasteiger partial charge in [0.05, 0.1) is 28.1 Å². The highest BCUT2D eigenvalue weighted by Crippen LogP contribution is 2.36. The smallest absolute Gasteiger partial charge is 0.309 e. The number of aromatic nitrogens is 2. The molecular weight excluding hydrogens is 406 g/mol. The third-order valence-electron chi connectivity index (χ3n) is 5.63. The highest BCUT2D eigenvalue weighted by molar-refractivity contribution is 7.89. The monoisotopic (exact) mass is 429 g/mol. The molecule has 2 N–H and O–H groups in total. The van der Waals surface area contributed by atoms with Crippen LogP contribution in [0.4, 0.5) is 0 Å². The lowest BCUT2D eigenvalue weighted by atomic mass is 10.0. The molecule has 1 aliphatic rings. The van der Waals surface area contributed by atoms with Crippen molar-refractivity contribution < 1.29 is 23.4 Å². The number of carbonyl (C=O) groups is 1. The maximum atomic E-state index is 13.1. The zero-order valence-corrected chi connectivity index (χ0v) is 17.6. The number of nitrogens with zero attached hydrogens (tertiary/aromatic N) is 3. The number of aliphatic carboxylic acids is 1. The van der Waals surface area contributed by atoms with Crippen molar-refractivity contribution in [1.29, 1.82) is 0 Å². The number of hydrogen-bond acceptors (Lipinski definition) is 5. The van der Waals surface area contributed by atoms with Gasteiger partial charge in [0.2, 0.25) is 10.0 Å². The highest BCUT2D eigenvalue weighted by Gasteiger charge is 2.42. The first-order valence-corrected chi connectivity index (χ1v) is 11.0. The fourth-order valence-electron chi connectivity index (χ4n) is 4.02. The normalized spacial score (nSPS) is 20.1. The summed E-state index contributed by atoms with van der Waals surface area (Å²) in [7, 11) is -3.72. The molecule has 9 heteroatoms. The van der Waals surface area contributed by atoms with E-state index in [1.54, 1.807) is 4.68 Å². The average Bonchev–Trinajstić information content (AvgIpc) is 3.24. The number of sulfonamides is 1. The van der Waals surface area contributed by atoms with E-state index < -0.39 is 21.5 Å². The summed E-state index contributed by atoms with van der Waals surface area (Å²) in [5.41, 5.74) is 1.67. The molecule has 1 aromatic heterocycles. The molecule has 2 heterocycles. The molecule has 0 spiro atoms. The van der Waals surface area contributed by atoms with Crippen molar-refractivity contribution in [3.05, 3.63) is 53.7 Å². The lowest BCUT2D eigenvalue weighted by Gasteiger charge is -2.26. The topological polar surface area (TPSA) is 113 Å². The van der Waals surface area contributed by atoms with Crippen LogP contribution in [0.15, 0.2) is 47.4 Å². The Balaban J connectivity index is 1.73. The molecule has 0 unspecified atom stereocenters. The number of benzene rings is 2. The molecule has 1 aliphatic heterocycles. The third kappa shape index (κ3) is 3.44. The van der Waals surface area contributed by atoms with Gasteiger partial charge in [-0.1, -0.05) is 12.1 Å². The van der Waals surface area contributed by atoms with Gasteiger partial charge in [0, 0.05) is 18.5 Å². The van der Waals surface area contributed by atoms with Gasteiger partial charge < -0.3 is 10.2 Å². The number of carboxylic acid groups (broad SMARTS) is 1. The molecule has 0 radical (unpaired) electrons. The highest BCUT2D eigenvalue weighted by atomic mass is 32.2. The Morgan fingerprint density at radius 1 is 1.20 bits per heavy atom. The minimum absolute atomic E-state index is 0.00421. The molecule has 0 amide bonds. The van der Waals surface area contributed by atoms with Gasteiger partial charge >= 0.3 is 5.97 Å². The summed E-state index contributed by atoms with van der Waals surface area (Å²) in [4.78, 5) is 11.4. The van der Waals surface area contributed by atoms with E-state index in [1.165, 1.54) is 28.6 Å². The largest absolute Gasteiger partial charge is 0.508 e. The van der Waals surface area contributed by atoms with E-state index in [0.29, 0.717) is 18.7 Å². The van der Waals surface area contributed by atoms with Crippen LogP contribution in [0, 0.1) is 6.92 Å². The van der Waals surface area contributed by atoms with E-state index in [4.69, 9.17) is 0 Å². The van der Waals surface area contributed by atoms with Gasteiger partial charge in [-0.2, -0.15) is 9.40 Å². The second-order valence-corrected chi connectivity index (χ2v) is 9.97. The Labute approximate surface area is 174 Å². The molecule has 0 saturated carbocycles. The minimum atomic E-state index is -3.72. The Morgan fingerprint density at radius 2 is 1.90 bits per heavy atom. The number of carboxylic acids is 1. The van der Waals surface area contributed by atoms with Crippen LogP contribution in [0.2, 0.25) is 0 Å². The average molecular weight is 429 g/mol. The van der Waals surface area contributed by atoms with Crippen LogP contribution in [-0.4, -0.2) is 51.8 Å². The molecule has 1 atom stereocenters. The van der Waals surface area contributed by atoms with E-state index >= 15 is 0 Å². The SMILES string of the molecule is Cc1ccc2c(CC(=O)O)nn([C@]3(C)CCN(S(=O)(=O)c4ccc(O)cc4)C3)c2c1. The van der Waals surface area contributed by atoms with E-state index in [-0.39, 0.29) is 23.6 Å². The van der Waals surface area contributed by atoms with Gasteiger partial charge in [-0.3, -0.25) is 9.48 Å². The maximum Gasteiger partial charge on any atom is 0.309 e. The fraction of sp³-hybridized carbons (Fsp3) is 0.333. The zero-order valence-electron chi connectivity index (χ0n) is 16.7. The van der Waals surface area contributed by atoms with Crippen molar-refractivity contribution in [3.63, 3.8) is 0 Å². The number of rotatable bonds is 5. The van der Waals surface area contributed by atoms with Crippen LogP contribution >= 0.6 is 0 Å².